The molecule has 0 radical (unpaired) electrons. The zero-order valence-electron chi connectivity index (χ0n) is 7.51. The highest BCUT2D eigenvalue weighted by molar-refractivity contribution is 5.84. The van der Waals surface area contributed by atoms with Crippen molar-refractivity contribution >= 4 is 11.4 Å². The number of nitrogens with two attached hydrogens (primary N) is 2. The van der Waals surface area contributed by atoms with Gasteiger partial charge in [0.15, 0.2) is 0 Å². The Hall–Kier alpha value is -2.10. The molecule has 1 heterocycles. The van der Waals surface area contributed by atoms with Crippen molar-refractivity contribution in [3.8, 4) is 11.3 Å². The molecule has 1 aromatic heterocycles. The predicted molar refractivity (Wildman–Crippen MR) is 56.3 cm³/mol. The van der Waals surface area contributed by atoms with E-state index in [1.165, 1.54) is 6.33 Å². The van der Waals surface area contributed by atoms with Crippen LogP contribution < -0.4 is 11.5 Å². The minimum atomic E-state index is 0.628. The van der Waals surface area contributed by atoms with Crippen LogP contribution in [-0.4, -0.2) is 9.97 Å². The zero-order chi connectivity index (χ0) is 9.97. The summed E-state index contributed by atoms with van der Waals surface area (Å²) in [7, 11) is 0. The average molecular weight is 186 g/mol. The van der Waals surface area contributed by atoms with E-state index in [1.54, 1.807) is 24.4 Å². The van der Waals surface area contributed by atoms with Crippen LogP contribution in [-0.2, 0) is 0 Å². The van der Waals surface area contributed by atoms with Gasteiger partial charge in [0.05, 0.1) is 5.69 Å². The minimum Gasteiger partial charge on any atom is -0.398 e. The van der Waals surface area contributed by atoms with E-state index in [0.29, 0.717) is 11.4 Å². The van der Waals surface area contributed by atoms with Crippen LogP contribution in [0.3, 0.4) is 0 Å². The quantitative estimate of drug-likeness (QED) is 0.658. The highest BCUT2D eigenvalue weighted by atomic mass is 14.8. The molecule has 4 N–H and O–H groups in total. The number of anilines is 2. The van der Waals surface area contributed by atoms with Crippen LogP contribution in [0, 0.1) is 0 Å². The van der Waals surface area contributed by atoms with Gasteiger partial charge < -0.3 is 11.5 Å². The molecule has 0 saturated heterocycles. The van der Waals surface area contributed by atoms with Gasteiger partial charge in [-0.2, -0.15) is 0 Å². The molecule has 0 bridgehead atoms. The predicted octanol–water partition coefficient (Wildman–Crippen LogP) is 1.31. The van der Waals surface area contributed by atoms with Gasteiger partial charge in [-0.15, -0.1) is 0 Å². The van der Waals surface area contributed by atoms with Gasteiger partial charge in [-0.1, -0.05) is 6.07 Å². The van der Waals surface area contributed by atoms with Crippen molar-refractivity contribution in [2.24, 2.45) is 0 Å². The highest BCUT2D eigenvalue weighted by Gasteiger charge is 2.06. The molecule has 0 aliphatic heterocycles. The second-order valence-electron chi connectivity index (χ2n) is 2.91. The van der Waals surface area contributed by atoms with Gasteiger partial charge in [0.1, 0.15) is 6.33 Å². The van der Waals surface area contributed by atoms with Gasteiger partial charge in [0.2, 0.25) is 0 Å². The Labute approximate surface area is 81.6 Å². The molecule has 0 unspecified atom stereocenters. The number of hydrogen-bond acceptors (Lipinski definition) is 4. The molecule has 2 aromatic rings. The van der Waals surface area contributed by atoms with E-state index >= 15 is 0 Å². The van der Waals surface area contributed by atoms with E-state index in [4.69, 9.17) is 11.5 Å². The number of nitrogen functional groups attached to an aromatic ring is 2. The van der Waals surface area contributed by atoms with E-state index in [0.717, 1.165) is 11.3 Å². The van der Waals surface area contributed by atoms with Crippen molar-refractivity contribution in [1.82, 2.24) is 9.97 Å². The maximum absolute atomic E-state index is 5.81. The maximum atomic E-state index is 5.81. The second kappa shape index (κ2) is 3.33. The van der Waals surface area contributed by atoms with Crippen molar-refractivity contribution in [2.75, 3.05) is 11.5 Å². The van der Waals surface area contributed by atoms with Crippen molar-refractivity contribution in [1.29, 1.82) is 0 Å². The molecule has 0 atom stereocenters. The van der Waals surface area contributed by atoms with Gasteiger partial charge >= 0.3 is 0 Å². The average Bonchev–Trinajstić information content (AvgIpc) is 2.19. The summed E-state index contributed by atoms with van der Waals surface area (Å²) >= 11 is 0. The number of nitrogens with zero attached hydrogens (tertiary/aromatic N) is 2. The first-order chi connectivity index (χ1) is 6.79. The number of benzene rings is 1. The second-order valence-corrected chi connectivity index (χ2v) is 2.91. The number of hydrogen-bond donors (Lipinski definition) is 2. The third-order valence-electron chi connectivity index (χ3n) is 1.97. The molecule has 2 rings (SSSR count). The molecule has 70 valence electrons. The highest BCUT2D eigenvalue weighted by Crippen LogP contribution is 2.29. The van der Waals surface area contributed by atoms with E-state index < -0.39 is 0 Å². The lowest BCUT2D eigenvalue weighted by molar-refractivity contribution is 1.17. The van der Waals surface area contributed by atoms with Crippen LogP contribution in [0.1, 0.15) is 0 Å². The molecule has 1 aromatic carbocycles. The fraction of sp³-hybridized carbons (Fsp3) is 0. The third-order valence-corrected chi connectivity index (χ3v) is 1.97. The van der Waals surface area contributed by atoms with Crippen molar-refractivity contribution < 1.29 is 0 Å². The van der Waals surface area contributed by atoms with Crippen LogP contribution in [0.4, 0.5) is 11.4 Å². The topological polar surface area (TPSA) is 77.8 Å². The largest absolute Gasteiger partial charge is 0.398 e. The Balaban J connectivity index is 2.63. The molecule has 4 nitrogen and oxygen atoms in total. The summed E-state index contributed by atoms with van der Waals surface area (Å²) in [4.78, 5) is 7.94. The van der Waals surface area contributed by atoms with Gasteiger partial charge in [-0.05, 0) is 18.2 Å². The zero-order valence-corrected chi connectivity index (χ0v) is 7.51. The molecule has 0 fully saturated rings. The van der Waals surface area contributed by atoms with E-state index in [9.17, 15) is 0 Å². The Bertz CT molecular complexity index is 419. The molecular weight excluding hydrogens is 176 g/mol. The first-order valence-electron chi connectivity index (χ1n) is 4.19. The molecule has 0 spiro atoms. The Morgan fingerprint density at radius 3 is 2.29 bits per heavy atom. The normalized spacial score (nSPS) is 10.0. The van der Waals surface area contributed by atoms with Crippen LogP contribution in [0.15, 0.2) is 36.8 Å². The third kappa shape index (κ3) is 1.37. The summed E-state index contributed by atoms with van der Waals surface area (Å²) in [6, 6.07) is 7.19. The van der Waals surface area contributed by atoms with Gasteiger partial charge in [0, 0.05) is 23.1 Å². The lowest BCUT2D eigenvalue weighted by Crippen LogP contribution is -1.97. The number of rotatable bonds is 1. The minimum absolute atomic E-state index is 0.628. The summed E-state index contributed by atoms with van der Waals surface area (Å²) < 4.78 is 0. The SMILES string of the molecule is Nc1cccc(N)c1-c1ccncn1. The smallest absolute Gasteiger partial charge is 0.116 e. The molecule has 4 heteroatoms. The lowest BCUT2D eigenvalue weighted by Gasteiger charge is -2.07. The monoisotopic (exact) mass is 186 g/mol. The standard InChI is InChI=1S/C10H10N4/c11-7-2-1-3-8(12)10(7)9-4-5-13-6-14-9/h1-6H,11-12H2. The van der Waals surface area contributed by atoms with Gasteiger partial charge in [-0.3, -0.25) is 0 Å². The molecule has 0 aliphatic rings. The van der Waals surface area contributed by atoms with Crippen molar-refractivity contribution in [3.05, 3.63) is 36.8 Å². The molecular formula is C10H10N4. The summed E-state index contributed by atoms with van der Waals surface area (Å²) in [6.07, 6.45) is 3.13. The van der Waals surface area contributed by atoms with Crippen LogP contribution >= 0.6 is 0 Å². The van der Waals surface area contributed by atoms with Crippen molar-refractivity contribution in [3.63, 3.8) is 0 Å². The molecule has 14 heavy (non-hydrogen) atoms. The maximum Gasteiger partial charge on any atom is 0.116 e. The van der Waals surface area contributed by atoms with Crippen LogP contribution in [0.5, 0.6) is 0 Å². The Kier molecular flexibility index (Phi) is 2.02. The van der Waals surface area contributed by atoms with Crippen LogP contribution in [0.2, 0.25) is 0 Å². The van der Waals surface area contributed by atoms with Crippen LogP contribution in [0.25, 0.3) is 11.3 Å². The fourth-order valence-electron chi connectivity index (χ4n) is 1.32. The summed E-state index contributed by atoms with van der Waals surface area (Å²) in [5.41, 5.74) is 14.4. The molecule has 0 saturated carbocycles. The number of aromatic nitrogens is 2. The fourth-order valence-corrected chi connectivity index (χ4v) is 1.32. The first kappa shape index (κ1) is 8.50. The lowest BCUT2D eigenvalue weighted by atomic mass is 10.1. The van der Waals surface area contributed by atoms with E-state index in [-0.39, 0.29) is 0 Å². The summed E-state index contributed by atoms with van der Waals surface area (Å²) in [5, 5.41) is 0. The van der Waals surface area contributed by atoms with Gasteiger partial charge in [-0.25, -0.2) is 9.97 Å². The Morgan fingerprint density at radius 1 is 1.00 bits per heavy atom. The summed E-state index contributed by atoms with van der Waals surface area (Å²) in [6.45, 7) is 0. The first-order valence-corrected chi connectivity index (χ1v) is 4.19. The summed E-state index contributed by atoms with van der Waals surface area (Å²) in [5.74, 6) is 0. The van der Waals surface area contributed by atoms with E-state index in [1.807, 2.05) is 6.07 Å². The molecule has 0 aliphatic carbocycles. The molecule has 0 amide bonds. The van der Waals surface area contributed by atoms with E-state index in [2.05, 4.69) is 9.97 Å². The van der Waals surface area contributed by atoms with Gasteiger partial charge in [0.25, 0.3) is 0 Å². The Morgan fingerprint density at radius 2 is 1.71 bits per heavy atom. The van der Waals surface area contributed by atoms with Crippen molar-refractivity contribution in [2.45, 2.75) is 0 Å².